The van der Waals surface area contributed by atoms with E-state index < -0.39 is 0 Å². The number of carbonyl (C=O) groups is 2. The molecular formula is C20H16ClN3O2. The molecule has 0 spiro atoms. The van der Waals surface area contributed by atoms with Crippen LogP contribution in [0.3, 0.4) is 0 Å². The first-order chi connectivity index (χ1) is 12.6. The Morgan fingerprint density at radius 1 is 0.885 bits per heavy atom. The van der Waals surface area contributed by atoms with E-state index in [1.807, 2.05) is 12.1 Å². The van der Waals surface area contributed by atoms with Crippen LogP contribution in [-0.2, 0) is 6.54 Å². The van der Waals surface area contributed by atoms with Gasteiger partial charge in [0.2, 0.25) is 0 Å². The van der Waals surface area contributed by atoms with Crippen LogP contribution in [0.25, 0.3) is 0 Å². The molecule has 3 aromatic rings. The molecule has 0 aliphatic rings. The van der Waals surface area contributed by atoms with Gasteiger partial charge in [0.15, 0.2) is 0 Å². The van der Waals surface area contributed by atoms with Gasteiger partial charge in [-0.05, 0) is 48.0 Å². The van der Waals surface area contributed by atoms with E-state index in [9.17, 15) is 9.59 Å². The maximum Gasteiger partial charge on any atom is 0.255 e. The number of para-hydroxylation sites is 1. The molecule has 0 radical (unpaired) electrons. The van der Waals surface area contributed by atoms with Gasteiger partial charge in [0.1, 0.15) is 0 Å². The molecule has 0 aliphatic heterocycles. The molecule has 1 heterocycles. The van der Waals surface area contributed by atoms with Gasteiger partial charge in [0.25, 0.3) is 11.8 Å². The molecule has 0 unspecified atom stereocenters. The Kier molecular flexibility index (Phi) is 5.61. The van der Waals surface area contributed by atoms with Gasteiger partial charge in [-0.15, -0.1) is 0 Å². The Balaban J connectivity index is 1.68. The number of benzene rings is 2. The summed E-state index contributed by atoms with van der Waals surface area (Å²) in [6.07, 6.45) is 3.34. The monoisotopic (exact) mass is 365 g/mol. The highest BCUT2D eigenvalue weighted by Gasteiger charge is 2.12. The summed E-state index contributed by atoms with van der Waals surface area (Å²) in [4.78, 5) is 28.7. The van der Waals surface area contributed by atoms with Crippen molar-refractivity contribution in [3.63, 3.8) is 0 Å². The van der Waals surface area contributed by atoms with Crippen molar-refractivity contribution in [3.05, 3.63) is 94.8 Å². The van der Waals surface area contributed by atoms with Crippen LogP contribution in [0.2, 0.25) is 5.02 Å². The van der Waals surface area contributed by atoms with Gasteiger partial charge in [-0.2, -0.15) is 0 Å². The van der Waals surface area contributed by atoms with Gasteiger partial charge in [0.05, 0.1) is 10.7 Å². The molecule has 26 heavy (non-hydrogen) atoms. The third-order valence-corrected chi connectivity index (χ3v) is 4.04. The fourth-order valence-corrected chi connectivity index (χ4v) is 2.53. The third-order valence-electron chi connectivity index (χ3n) is 3.71. The molecular weight excluding hydrogens is 350 g/mol. The van der Waals surface area contributed by atoms with Gasteiger partial charge in [0, 0.05) is 30.1 Å². The van der Waals surface area contributed by atoms with Crippen LogP contribution in [0.4, 0.5) is 5.69 Å². The Hall–Kier alpha value is -3.18. The molecule has 0 saturated carbocycles. The first kappa shape index (κ1) is 17.6. The summed E-state index contributed by atoms with van der Waals surface area (Å²) in [6, 6.07) is 17.2. The lowest BCUT2D eigenvalue weighted by molar-refractivity contribution is 0.0951. The number of amides is 2. The fraction of sp³-hybridized carbons (Fsp3) is 0.0500. The molecule has 2 aromatic carbocycles. The van der Waals surface area contributed by atoms with E-state index in [1.165, 1.54) is 0 Å². The summed E-state index contributed by atoms with van der Waals surface area (Å²) in [5.41, 5.74) is 2.25. The Labute approximate surface area is 156 Å². The van der Waals surface area contributed by atoms with Crippen LogP contribution < -0.4 is 10.6 Å². The molecule has 0 fully saturated rings. The second-order valence-electron chi connectivity index (χ2n) is 5.55. The first-order valence-corrected chi connectivity index (χ1v) is 8.34. The number of carbonyl (C=O) groups excluding carboxylic acids is 2. The van der Waals surface area contributed by atoms with Crippen molar-refractivity contribution in [2.75, 3.05) is 5.32 Å². The topological polar surface area (TPSA) is 71.1 Å². The van der Waals surface area contributed by atoms with Gasteiger partial charge in [-0.25, -0.2) is 0 Å². The predicted molar refractivity (Wildman–Crippen MR) is 101 cm³/mol. The summed E-state index contributed by atoms with van der Waals surface area (Å²) in [7, 11) is 0. The molecule has 2 N–H and O–H groups in total. The average molecular weight is 366 g/mol. The molecule has 0 bridgehead atoms. The van der Waals surface area contributed by atoms with Gasteiger partial charge in [-0.3, -0.25) is 14.6 Å². The van der Waals surface area contributed by atoms with Crippen LogP contribution in [0.15, 0.2) is 73.1 Å². The summed E-state index contributed by atoms with van der Waals surface area (Å²) < 4.78 is 0. The van der Waals surface area contributed by atoms with E-state index in [0.717, 1.165) is 5.56 Å². The number of hydrogen-bond donors (Lipinski definition) is 2. The Bertz CT molecular complexity index is 929. The molecule has 2 amide bonds. The zero-order valence-corrected chi connectivity index (χ0v) is 14.5. The number of rotatable bonds is 5. The van der Waals surface area contributed by atoms with Crippen molar-refractivity contribution < 1.29 is 9.59 Å². The third kappa shape index (κ3) is 4.46. The largest absolute Gasteiger partial charge is 0.348 e. The summed E-state index contributed by atoms with van der Waals surface area (Å²) in [5.74, 6) is -0.587. The lowest BCUT2D eigenvalue weighted by Crippen LogP contribution is -2.23. The zero-order chi connectivity index (χ0) is 18.4. The number of anilines is 1. The van der Waals surface area contributed by atoms with E-state index in [0.29, 0.717) is 28.4 Å². The van der Waals surface area contributed by atoms with Crippen molar-refractivity contribution in [1.29, 1.82) is 0 Å². The minimum absolute atomic E-state index is 0.255. The number of hydrogen-bond acceptors (Lipinski definition) is 3. The first-order valence-electron chi connectivity index (χ1n) is 7.96. The van der Waals surface area contributed by atoms with Crippen LogP contribution in [0, 0.1) is 0 Å². The van der Waals surface area contributed by atoms with Crippen molar-refractivity contribution in [1.82, 2.24) is 10.3 Å². The molecule has 1 aromatic heterocycles. The van der Waals surface area contributed by atoms with E-state index in [1.54, 1.807) is 60.9 Å². The van der Waals surface area contributed by atoms with E-state index in [4.69, 9.17) is 11.6 Å². The van der Waals surface area contributed by atoms with Gasteiger partial charge < -0.3 is 10.6 Å². The van der Waals surface area contributed by atoms with Crippen LogP contribution in [0.1, 0.15) is 26.3 Å². The van der Waals surface area contributed by atoms with Crippen LogP contribution in [-0.4, -0.2) is 16.8 Å². The van der Waals surface area contributed by atoms with Crippen LogP contribution >= 0.6 is 11.6 Å². The van der Waals surface area contributed by atoms with Crippen molar-refractivity contribution in [2.24, 2.45) is 0 Å². The highest BCUT2D eigenvalue weighted by atomic mass is 35.5. The quantitative estimate of drug-likeness (QED) is 0.720. The summed E-state index contributed by atoms with van der Waals surface area (Å²) in [5, 5.41) is 6.01. The maximum atomic E-state index is 12.4. The number of nitrogens with one attached hydrogen (secondary N) is 2. The van der Waals surface area contributed by atoms with Crippen molar-refractivity contribution in [3.8, 4) is 0 Å². The molecule has 3 rings (SSSR count). The number of pyridine rings is 1. The SMILES string of the molecule is O=C(NCc1ccncc1)c1cccc(C(=O)Nc2ccccc2Cl)c1. The van der Waals surface area contributed by atoms with Crippen molar-refractivity contribution in [2.45, 2.75) is 6.54 Å². The number of halogens is 1. The maximum absolute atomic E-state index is 12.4. The molecule has 0 saturated heterocycles. The second kappa shape index (κ2) is 8.27. The summed E-state index contributed by atoms with van der Waals surface area (Å²) in [6.45, 7) is 0.386. The van der Waals surface area contributed by atoms with E-state index in [2.05, 4.69) is 15.6 Å². The standard InChI is InChI=1S/C20H16ClN3O2/c21-17-6-1-2-7-18(17)24-20(26)16-5-3-4-15(12-16)19(25)23-13-14-8-10-22-11-9-14/h1-12H,13H2,(H,23,25)(H,24,26). The smallest absolute Gasteiger partial charge is 0.255 e. The fourth-order valence-electron chi connectivity index (χ4n) is 2.34. The van der Waals surface area contributed by atoms with Crippen molar-refractivity contribution >= 4 is 29.1 Å². The number of aromatic nitrogens is 1. The second-order valence-corrected chi connectivity index (χ2v) is 5.96. The molecule has 130 valence electrons. The minimum atomic E-state index is -0.332. The lowest BCUT2D eigenvalue weighted by Gasteiger charge is -2.09. The van der Waals surface area contributed by atoms with Gasteiger partial charge in [-0.1, -0.05) is 29.8 Å². The van der Waals surface area contributed by atoms with Crippen LogP contribution in [0.5, 0.6) is 0 Å². The molecule has 0 aliphatic carbocycles. The van der Waals surface area contributed by atoms with Gasteiger partial charge >= 0.3 is 0 Å². The Morgan fingerprint density at radius 2 is 1.58 bits per heavy atom. The number of nitrogens with zero attached hydrogens (tertiary/aromatic N) is 1. The average Bonchev–Trinajstić information content (AvgIpc) is 2.69. The normalized spacial score (nSPS) is 10.2. The van der Waals surface area contributed by atoms with E-state index in [-0.39, 0.29) is 11.8 Å². The minimum Gasteiger partial charge on any atom is -0.348 e. The highest BCUT2D eigenvalue weighted by molar-refractivity contribution is 6.33. The Morgan fingerprint density at radius 3 is 2.31 bits per heavy atom. The predicted octanol–water partition coefficient (Wildman–Crippen LogP) is 3.92. The molecule has 5 nitrogen and oxygen atoms in total. The molecule has 0 atom stereocenters. The zero-order valence-electron chi connectivity index (χ0n) is 13.8. The molecule has 6 heteroatoms. The summed E-state index contributed by atoms with van der Waals surface area (Å²) >= 11 is 6.05. The highest BCUT2D eigenvalue weighted by Crippen LogP contribution is 2.21. The van der Waals surface area contributed by atoms with E-state index >= 15 is 0 Å². The lowest BCUT2D eigenvalue weighted by atomic mass is 10.1.